The van der Waals surface area contributed by atoms with Crippen LogP contribution in [0, 0.1) is 5.82 Å². The third-order valence-corrected chi connectivity index (χ3v) is 3.98. The van der Waals surface area contributed by atoms with Crippen molar-refractivity contribution >= 4 is 11.6 Å². The highest BCUT2D eigenvalue weighted by atomic mass is 19.1. The smallest absolute Gasteiger partial charge is 0.260 e. The lowest BCUT2D eigenvalue weighted by atomic mass is 10.2. The Bertz CT molecular complexity index is 675. The van der Waals surface area contributed by atoms with Gasteiger partial charge in [-0.25, -0.2) is 4.39 Å². The summed E-state index contributed by atoms with van der Waals surface area (Å²) < 4.78 is 18.4. The predicted octanol–water partition coefficient (Wildman–Crippen LogP) is 4.07. The van der Waals surface area contributed by atoms with E-state index in [-0.39, 0.29) is 24.9 Å². The Morgan fingerprint density at radius 3 is 2.32 bits per heavy atom. The van der Waals surface area contributed by atoms with Gasteiger partial charge in [0.15, 0.2) is 6.61 Å². The zero-order valence-electron chi connectivity index (χ0n) is 17.0. The van der Waals surface area contributed by atoms with E-state index in [1.165, 1.54) is 12.1 Å². The first kappa shape index (κ1) is 23.4. The average molecular weight is 390 g/mol. The summed E-state index contributed by atoms with van der Waals surface area (Å²) in [6.45, 7) is 7.82. The number of carbonyl (C=O) groups is 1. The first-order chi connectivity index (χ1) is 13.6. The second kappa shape index (κ2) is 13.6. The van der Waals surface area contributed by atoms with E-state index in [1.54, 1.807) is 41.3 Å². The molecule has 0 unspecified atom stereocenters. The fraction of sp³-hybridized carbons (Fsp3) is 0.409. The summed E-state index contributed by atoms with van der Waals surface area (Å²) in [6, 6.07) is 13.2. The molecular formula is C22H31FN2O3. The number of benzene rings is 2. The number of hydrogen-bond donors (Lipinski definition) is 2. The lowest BCUT2D eigenvalue weighted by Crippen LogP contribution is -2.36. The van der Waals surface area contributed by atoms with Crippen LogP contribution in [0.5, 0.6) is 5.75 Å². The van der Waals surface area contributed by atoms with Crippen LogP contribution in [0.3, 0.4) is 0 Å². The van der Waals surface area contributed by atoms with Gasteiger partial charge in [-0.3, -0.25) is 4.79 Å². The standard InChI is InChI=1S/C20H25FN2O3.C2H6/c1-2-23(13-3-12-22-18-8-6-17(21)7-9-18)20(25)15-26-19-10-4-16(14-24)5-11-19;1-2/h4-11,22,24H,2-3,12-15H2,1H3;1-2H3. The van der Waals surface area contributed by atoms with E-state index in [0.29, 0.717) is 25.4 Å². The summed E-state index contributed by atoms with van der Waals surface area (Å²) >= 11 is 0. The van der Waals surface area contributed by atoms with Gasteiger partial charge in [-0.1, -0.05) is 26.0 Å². The highest BCUT2D eigenvalue weighted by Crippen LogP contribution is 2.12. The number of likely N-dealkylation sites (N-methyl/N-ethyl adjacent to an activating group) is 1. The van der Waals surface area contributed by atoms with E-state index >= 15 is 0 Å². The first-order valence-electron chi connectivity index (χ1n) is 9.72. The Labute approximate surface area is 167 Å². The Morgan fingerprint density at radius 2 is 1.75 bits per heavy atom. The molecule has 0 aromatic heterocycles. The number of amides is 1. The minimum absolute atomic E-state index is 0.0162. The van der Waals surface area contributed by atoms with Crippen LogP contribution in [-0.4, -0.2) is 42.2 Å². The summed E-state index contributed by atoms with van der Waals surface area (Å²) in [6.07, 6.45) is 0.780. The maximum absolute atomic E-state index is 12.9. The molecule has 0 radical (unpaired) electrons. The van der Waals surface area contributed by atoms with Crippen molar-refractivity contribution in [3.05, 3.63) is 59.9 Å². The van der Waals surface area contributed by atoms with Crippen LogP contribution < -0.4 is 10.1 Å². The molecule has 0 aliphatic rings. The Kier molecular flexibility index (Phi) is 11.3. The molecule has 0 atom stereocenters. The molecule has 6 heteroatoms. The average Bonchev–Trinajstić information content (AvgIpc) is 2.75. The zero-order chi connectivity index (χ0) is 20.8. The van der Waals surface area contributed by atoms with Crippen molar-refractivity contribution in [2.75, 3.05) is 31.6 Å². The number of nitrogens with one attached hydrogen (secondary N) is 1. The summed E-state index contributed by atoms with van der Waals surface area (Å²) in [5.41, 5.74) is 1.66. The van der Waals surface area contributed by atoms with Gasteiger partial charge < -0.3 is 20.1 Å². The van der Waals surface area contributed by atoms with Gasteiger partial charge in [0.05, 0.1) is 6.61 Å². The molecule has 0 spiro atoms. The fourth-order valence-corrected chi connectivity index (χ4v) is 2.46. The third kappa shape index (κ3) is 8.39. The van der Waals surface area contributed by atoms with E-state index in [9.17, 15) is 9.18 Å². The first-order valence-corrected chi connectivity index (χ1v) is 9.72. The molecule has 2 N–H and O–H groups in total. The normalized spacial score (nSPS) is 9.89. The van der Waals surface area contributed by atoms with Gasteiger partial charge in [0.25, 0.3) is 5.91 Å². The molecule has 0 aliphatic carbocycles. The molecule has 1 amide bonds. The molecular weight excluding hydrogens is 359 g/mol. The van der Waals surface area contributed by atoms with Gasteiger partial charge in [-0.2, -0.15) is 0 Å². The number of hydrogen-bond acceptors (Lipinski definition) is 4. The number of aliphatic hydroxyl groups is 1. The molecule has 5 nitrogen and oxygen atoms in total. The third-order valence-electron chi connectivity index (χ3n) is 3.98. The Morgan fingerprint density at radius 1 is 1.11 bits per heavy atom. The minimum Gasteiger partial charge on any atom is -0.484 e. The number of halogens is 1. The van der Waals surface area contributed by atoms with Crippen molar-refractivity contribution in [3.63, 3.8) is 0 Å². The number of nitrogens with zero attached hydrogens (tertiary/aromatic N) is 1. The number of aliphatic hydroxyl groups excluding tert-OH is 1. The monoisotopic (exact) mass is 390 g/mol. The highest BCUT2D eigenvalue weighted by Gasteiger charge is 2.12. The summed E-state index contributed by atoms with van der Waals surface area (Å²) in [4.78, 5) is 14.0. The van der Waals surface area contributed by atoms with Crippen LogP contribution in [0.1, 0.15) is 32.8 Å². The summed E-state index contributed by atoms with van der Waals surface area (Å²) in [5, 5.41) is 12.2. The lowest BCUT2D eigenvalue weighted by molar-refractivity contribution is -0.133. The number of anilines is 1. The number of rotatable bonds is 10. The van der Waals surface area contributed by atoms with Gasteiger partial charge in [0.1, 0.15) is 11.6 Å². The van der Waals surface area contributed by atoms with Crippen LogP contribution >= 0.6 is 0 Å². The van der Waals surface area contributed by atoms with E-state index in [1.807, 2.05) is 20.8 Å². The molecule has 2 aromatic rings. The van der Waals surface area contributed by atoms with E-state index < -0.39 is 0 Å². The quantitative estimate of drug-likeness (QED) is 0.600. The van der Waals surface area contributed by atoms with E-state index in [4.69, 9.17) is 9.84 Å². The van der Waals surface area contributed by atoms with Crippen LogP contribution in [0.2, 0.25) is 0 Å². The van der Waals surface area contributed by atoms with Crippen molar-refractivity contribution in [1.29, 1.82) is 0 Å². The topological polar surface area (TPSA) is 61.8 Å². The van der Waals surface area contributed by atoms with Crippen LogP contribution in [-0.2, 0) is 11.4 Å². The van der Waals surface area contributed by atoms with Crippen LogP contribution in [0.25, 0.3) is 0 Å². The largest absolute Gasteiger partial charge is 0.484 e. The minimum atomic E-state index is -0.260. The van der Waals surface area contributed by atoms with Gasteiger partial charge in [-0.15, -0.1) is 0 Å². The van der Waals surface area contributed by atoms with Crippen molar-refractivity contribution in [2.24, 2.45) is 0 Å². The number of ether oxygens (including phenoxy) is 1. The molecule has 0 saturated heterocycles. The zero-order valence-corrected chi connectivity index (χ0v) is 17.0. The van der Waals surface area contributed by atoms with Gasteiger partial charge in [0, 0.05) is 25.3 Å². The maximum Gasteiger partial charge on any atom is 0.260 e. The molecule has 28 heavy (non-hydrogen) atoms. The molecule has 0 saturated carbocycles. The van der Waals surface area contributed by atoms with Crippen LogP contribution in [0.4, 0.5) is 10.1 Å². The molecule has 0 bridgehead atoms. The number of carbonyl (C=O) groups excluding carboxylic acids is 1. The molecule has 2 aromatic carbocycles. The summed E-state index contributed by atoms with van der Waals surface area (Å²) in [5.74, 6) is 0.273. The van der Waals surface area contributed by atoms with E-state index in [2.05, 4.69) is 5.32 Å². The molecule has 154 valence electrons. The van der Waals surface area contributed by atoms with E-state index in [0.717, 1.165) is 17.7 Å². The van der Waals surface area contributed by atoms with Crippen molar-refractivity contribution in [1.82, 2.24) is 4.90 Å². The second-order valence-corrected chi connectivity index (χ2v) is 5.85. The summed E-state index contributed by atoms with van der Waals surface area (Å²) in [7, 11) is 0. The fourth-order valence-electron chi connectivity index (χ4n) is 2.46. The van der Waals surface area contributed by atoms with Crippen molar-refractivity contribution < 1.29 is 19.0 Å². The van der Waals surface area contributed by atoms with Gasteiger partial charge >= 0.3 is 0 Å². The lowest BCUT2D eigenvalue weighted by Gasteiger charge is -2.21. The molecule has 0 heterocycles. The van der Waals surface area contributed by atoms with Gasteiger partial charge in [0.2, 0.25) is 0 Å². The van der Waals surface area contributed by atoms with Crippen molar-refractivity contribution in [2.45, 2.75) is 33.8 Å². The highest BCUT2D eigenvalue weighted by molar-refractivity contribution is 5.77. The molecule has 2 rings (SSSR count). The Balaban J connectivity index is 0.00000190. The second-order valence-electron chi connectivity index (χ2n) is 5.85. The maximum atomic E-state index is 12.9. The predicted molar refractivity (Wildman–Crippen MR) is 111 cm³/mol. The van der Waals surface area contributed by atoms with Crippen molar-refractivity contribution in [3.8, 4) is 5.75 Å². The van der Waals surface area contributed by atoms with Gasteiger partial charge in [-0.05, 0) is 55.3 Å². The SMILES string of the molecule is CC.CCN(CCCNc1ccc(F)cc1)C(=O)COc1ccc(CO)cc1. The molecule has 0 aliphatic heterocycles. The Hall–Kier alpha value is -2.60. The van der Waals surface area contributed by atoms with Crippen LogP contribution in [0.15, 0.2) is 48.5 Å². The molecule has 0 fully saturated rings.